The van der Waals surface area contributed by atoms with Crippen molar-refractivity contribution in [1.82, 2.24) is 5.32 Å². The number of nitrogens with one attached hydrogen (secondary N) is 1. The zero-order valence-electron chi connectivity index (χ0n) is 13.8. The van der Waals surface area contributed by atoms with Crippen LogP contribution in [-0.2, 0) is 11.2 Å². The molecule has 3 nitrogen and oxygen atoms in total. The van der Waals surface area contributed by atoms with E-state index in [0.717, 1.165) is 16.9 Å². The molecule has 0 fully saturated rings. The molecule has 0 aromatic heterocycles. The van der Waals surface area contributed by atoms with E-state index in [1.807, 2.05) is 38.1 Å². The van der Waals surface area contributed by atoms with Gasteiger partial charge in [0.2, 0.25) is 5.91 Å². The van der Waals surface area contributed by atoms with Crippen molar-refractivity contribution >= 4 is 29.1 Å². The van der Waals surface area contributed by atoms with Gasteiger partial charge in [0, 0.05) is 16.5 Å². The molecule has 0 radical (unpaired) electrons. The highest BCUT2D eigenvalue weighted by atomic mass is 35.5. The van der Waals surface area contributed by atoms with Gasteiger partial charge in [0.05, 0.1) is 6.04 Å². The van der Waals surface area contributed by atoms with Crippen LogP contribution >= 0.6 is 23.2 Å². The van der Waals surface area contributed by atoms with E-state index in [-0.39, 0.29) is 11.9 Å². The smallest absolute Gasteiger partial charge is 0.220 e. The zero-order valence-corrected chi connectivity index (χ0v) is 15.3. The van der Waals surface area contributed by atoms with E-state index in [4.69, 9.17) is 27.9 Å². The molecular formula is C19H21Cl2NO2. The first-order chi connectivity index (χ1) is 11.5. The van der Waals surface area contributed by atoms with Gasteiger partial charge >= 0.3 is 0 Å². The number of halogens is 2. The number of amides is 1. The van der Waals surface area contributed by atoms with Crippen LogP contribution in [-0.4, -0.2) is 18.6 Å². The Bertz CT molecular complexity index is 683. The standard InChI is InChI=1S/C19H21Cl2NO2/c1-13-6-3-4-9-18(13)24-12-14(2)22-19(23)11-10-15-16(20)7-5-8-17(15)21/h3-9,14H,10-12H2,1-2H3,(H,22,23). The third-order valence-corrected chi connectivity index (χ3v) is 4.36. The average Bonchev–Trinajstić information content (AvgIpc) is 2.53. The molecule has 24 heavy (non-hydrogen) atoms. The summed E-state index contributed by atoms with van der Waals surface area (Å²) in [5, 5.41) is 4.11. The van der Waals surface area contributed by atoms with Gasteiger partial charge in [0.1, 0.15) is 12.4 Å². The lowest BCUT2D eigenvalue weighted by Crippen LogP contribution is -2.36. The normalized spacial score (nSPS) is 11.8. The Balaban J connectivity index is 1.79. The van der Waals surface area contributed by atoms with E-state index in [9.17, 15) is 4.79 Å². The highest BCUT2D eigenvalue weighted by Gasteiger charge is 2.11. The molecule has 2 rings (SSSR count). The van der Waals surface area contributed by atoms with Gasteiger partial charge in [-0.2, -0.15) is 0 Å². The summed E-state index contributed by atoms with van der Waals surface area (Å²) in [5.41, 5.74) is 1.88. The Morgan fingerprint density at radius 3 is 2.46 bits per heavy atom. The fraction of sp³-hybridized carbons (Fsp3) is 0.316. The lowest BCUT2D eigenvalue weighted by Gasteiger charge is -2.16. The average molecular weight is 366 g/mol. The first-order valence-electron chi connectivity index (χ1n) is 7.88. The number of ether oxygens (including phenoxy) is 1. The van der Waals surface area contributed by atoms with Crippen molar-refractivity contribution in [2.75, 3.05) is 6.61 Å². The second-order valence-electron chi connectivity index (χ2n) is 5.75. The molecule has 1 unspecified atom stereocenters. The van der Waals surface area contributed by atoms with Crippen molar-refractivity contribution in [1.29, 1.82) is 0 Å². The fourth-order valence-corrected chi connectivity index (χ4v) is 2.92. The molecule has 2 aromatic carbocycles. The van der Waals surface area contributed by atoms with Gasteiger partial charge in [-0.05, 0) is 49.6 Å². The number of benzene rings is 2. The van der Waals surface area contributed by atoms with E-state index < -0.39 is 0 Å². The van der Waals surface area contributed by atoms with Gasteiger partial charge < -0.3 is 10.1 Å². The van der Waals surface area contributed by atoms with E-state index in [1.165, 1.54) is 0 Å². The maximum absolute atomic E-state index is 12.1. The summed E-state index contributed by atoms with van der Waals surface area (Å²) < 4.78 is 5.74. The fourth-order valence-electron chi connectivity index (χ4n) is 2.33. The van der Waals surface area contributed by atoms with Gasteiger partial charge in [-0.15, -0.1) is 0 Å². The van der Waals surface area contributed by atoms with Crippen molar-refractivity contribution < 1.29 is 9.53 Å². The second-order valence-corrected chi connectivity index (χ2v) is 6.56. The Morgan fingerprint density at radius 1 is 1.12 bits per heavy atom. The van der Waals surface area contributed by atoms with Gasteiger partial charge in [-0.25, -0.2) is 0 Å². The highest BCUT2D eigenvalue weighted by molar-refractivity contribution is 6.36. The second kappa shape index (κ2) is 8.95. The van der Waals surface area contributed by atoms with Gasteiger partial charge in [-0.3, -0.25) is 4.79 Å². The summed E-state index contributed by atoms with van der Waals surface area (Å²) in [7, 11) is 0. The molecule has 0 bridgehead atoms. The number of rotatable bonds is 7. The van der Waals surface area contributed by atoms with E-state index in [2.05, 4.69) is 5.32 Å². The molecule has 2 aromatic rings. The Morgan fingerprint density at radius 2 is 1.79 bits per heavy atom. The third kappa shape index (κ3) is 5.43. The van der Waals surface area contributed by atoms with Crippen LogP contribution < -0.4 is 10.1 Å². The minimum atomic E-state index is -0.0844. The molecular weight excluding hydrogens is 345 g/mol. The summed E-state index contributed by atoms with van der Waals surface area (Å²) >= 11 is 12.2. The van der Waals surface area contributed by atoms with Crippen LogP contribution in [0.5, 0.6) is 5.75 Å². The number of hydrogen-bond donors (Lipinski definition) is 1. The number of carbonyl (C=O) groups is 1. The predicted octanol–water partition coefficient (Wildman–Crippen LogP) is 4.82. The molecule has 5 heteroatoms. The van der Waals surface area contributed by atoms with Crippen LogP contribution in [0.1, 0.15) is 24.5 Å². The van der Waals surface area contributed by atoms with Gasteiger partial charge in [-0.1, -0.05) is 47.5 Å². The molecule has 1 N–H and O–H groups in total. The number of hydrogen-bond acceptors (Lipinski definition) is 2. The topological polar surface area (TPSA) is 38.3 Å². The van der Waals surface area contributed by atoms with Crippen molar-refractivity contribution in [3.63, 3.8) is 0 Å². The maximum Gasteiger partial charge on any atom is 0.220 e. The predicted molar refractivity (Wildman–Crippen MR) is 99.1 cm³/mol. The van der Waals surface area contributed by atoms with E-state index in [0.29, 0.717) is 29.5 Å². The molecule has 0 heterocycles. The minimum Gasteiger partial charge on any atom is -0.491 e. The highest BCUT2D eigenvalue weighted by Crippen LogP contribution is 2.25. The zero-order chi connectivity index (χ0) is 17.5. The van der Waals surface area contributed by atoms with Crippen LogP contribution in [0.3, 0.4) is 0 Å². The molecule has 0 aliphatic rings. The van der Waals surface area contributed by atoms with Crippen molar-refractivity contribution in [3.8, 4) is 5.75 Å². The molecule has 128 valence electrons. The summed E-state index contributed by atoms with van der Waals surface area (Å²) in [6.07, 6.45) is 0.841. The first kappa shape index (κ1) is 18.6. The monoisotopic (exact) mass is 365 g/mol. The van der Waals surface area contributed by atoms with Crippen LogP contribution in [0.15, 0.2) is 42.5 Å². The van der Waals surface area contributed by atoms with Crippen LogP contribution in [0.2, 0.25) is 10.0 Å². The van der Waals surface area contributed by atoms with Crippen LogP contribution in [0, 0.1) is 6.92 Å². The number of aryl methyl sites for hydroxylation is 1. The number of carbonyl (C=O) groups excluding carboxylic acids is 1. The summed E-state index contributed by atoms with van der Waals surface area (Å²) in [5.74, 6) is 0.785. The third-order valence-electron chi connectivity index (χ3n) is 3.65. The minimum absolute atomic E-state index is 0.0492. The Labute approximate surface area is 152 Å². The first-order valence-corrected chi connectivity index (χ1v) is 8.63. The Hall–Kier alpha value is -1.71. The molecule has 0 saturated carbocycles. The largest absolute Gasteiger partial charge is 0.491 e. The lowest BCUT2D eigenvalue weighted by molar-refractivity contribution is -0.121. The molecule has 0 spiro atoms. The Kier molecular flexibility index (Phi) is 6.95. The van der Waals surface area contributed by atoms with E-state index in [1.54, 1.807) is 18.2 Å². The molecule has 0 saturated heterocycles. The maximum atomic E-state index is 12.1. The lowest BCUT2D eigenvalue weighted by atomic mass is 10.1. The molecule has 0 aliphatic heterocycles. The van der Waals surface area contributed by atoms with Crippen LogP contribution in [0.4, 0.5) is 0 Å². The van der Waals surface area contributed by atoms with Crippen molar-refractivity contribution in [2.45, 2.75) is 32.7 Å². The molecule has 1 amide bonds. The molecule has 1 atom stereocenters. The number of para-hydroxylation sites is 1. The summed E-state index contributed by atoms with van der Waals surface area (Å²) in [6, 6.07) is 13.1. The SMILES string of the molecule is Cc1ccccc1OCC(C)NC(=O)CCc1c(Cl)cccc1Cl. The quantitative estimate of drug-likeness (QED) is 0.763. The van der Waals surface area contributed by atoms with E-state index >= 15 is 0 Å². The summed E-state index contributed by atoms with van der Waals surface area (Å²) in [4.78, 5) is 12.1. The van der Waals surface area contributed by atoms with Crippen molar-refractivity contribution in [2.24, 2.45) is 0 Å². The van der Waals surface area contributed by atoms with Gasteiger partial charge in [0.25, 0.3) is 0 Å². The van der Waals surface area contributed by atoms with Gasteiger partial charge in [0.15, 0.2) is 0 Å². The van der Waals surface area contributed by atoms with Crippen molar-refractivity contribution in [3.05, 3.63) is 63.6 Å². The van der Waals surface area contributed by atoms with Crippen LogP contribution in [0.25, 0.3) is 0 Å². The summed E-state index contributed by atoms with van der Waals surface area (Å²) in [6.45, 7) is 4.33. The molecule has 0 aliphatic carbocycles.